The Balaban J connectivity index is 2.81. The molecular weight excluding hydrogens is 150 g/mol. The summed E-state index contributed by atoms with van der Waals surface area (Å²) in [5, 5.41) is 8.59. The maximum absolute atomic E-state index is 8.24. The largest absolute Gasteiger partial charge is 0.255 e. The molecule has 0 aliphatic heterocycles. The van der Waals surface area contributed by atoms with Gasteiger partial charge in [-0.1, -0.05) is 11.6 Å². The first-order chi connectivity index (χ1) is 4.83. The van der Waals surface area contributed by atoms with Gasteiger partial charge in [-0.3, -0.25) is 4.98 Å². The summed E-state index contributed by atoms with van der Waals surface area (Å²) in [7, 11) is 0. The van der Waals surface area contributed by atoms with Crippen molar-refractivity contribution in [1.29, 1.82) is 5.26 Å². The molecule has 3 nitrogen and oxygen atoms in total. The number of aromatic nitrogens is 2. The van der Waals surface area contributed by atoms with Gasteiger partial charge in [-0.2, -0.15) is 5.26 Å². The molecule has 0 saturated heterocycles. The van der Waals surface area contributed by atoms with Crippen LogP contribution in [0.15, 0.2) is 12.4 Å². The van der Waals surface area contributed by atoms with E-state index in [0.29, 0.717) is 10.8 Å². The van der Waals surface area contributed by atoms with Crippen molar-refractivity contribution in [2.75, 3.05) is 0 Å². The molecule has 0 fully saturated rings. The lowest BCUT2D eigenvalue weighted by molar-refractivity contribution is 1.06. The maximum Gasteiger partial charge on any atom is 0.147 e. The van der Waals surface area contributed by atoms with Crippen molar-refractivity contribution < 1.29 is 0 Å². The Bertz CT molecular complexity index is 249. The second kappa shape index (κ2) is 3.14. The Labute approximate surface area is 63.3 Å². The number of hydrogen-bond donors (Lipinski definition) is 0. The highest BCUT2D eigenvalue weighted by atomic mass is 35.5. The number of halogens is 1. The lowest BCUT2D eigenvalue weighted by Gasteiger charge is -1.90. The highest BCUT2D eigenvalue weighted by Gasteiger charge is 1.92. The summed E-state index contributed by atoms with van der Waals surface area (Å²) in [4.78, 5) is 7.60. The SMILES string of the molecule is N#CCc1cnc(Cl)cn1. The Morgan fingerprint density at radius 2 is 2.30 bits per heavy atom. The monoisotopic (exact) mass is 153 g/mol. The predicted molar refractivity (Wildman–Crippen MR) is 36.4 cm³/mol. The molecule has 0 saturated carbocycles. The van der Waals surface area contributed by atoms with Crippen LogP contribution in [0.4, 0.5) is 0 Å². The van der Waals surface area contributed by atoms with Crippen LogP contribution in [0.2, 0.25) is 5.15 Å². The van der Waals surface area contributed by atoms with Crippen molar-refractivity contribution >= 4 is 11.6 Å². The van der Waals surface area contributed by atoms with Gasteiger partial charge in [0, 0.05) is 0 Å². The molecule has 0 aromatic carbocycles. The van der Waals surface area contributed by atoms with Crippen LogP contribution in [0.1, 0.15) is 5.69 Å². The van der Waals surface area contributed by atoms with Crippen molar-refractivity contribution in [3.63, 3.8) is 0 Å². The summed E-state index contributed by atoms with van der Waals surface area (Å²) >= 11 is 5.46. The minimum absolute atomic E-state index is 0.282. The zero-order chi connectivity index (χ0) is 7.40. The van der Waals surface area contributed by atoms with E-state index in [2.05, 4.69) is 9.97 Å². The molecule has 0 radical (unpaired) electrons. The van der Waals surface area contributed by atoms with Crippen molar-refractivity contribution in [2.24, 2.45) is 0 Å². The highest BCUT2D eigenvalue weighted by molar-refractivity contribution is 6.29. The van der Waals surface area contributed by atoms with Crippen molar-refractivity contribution in [3.8, 4) is 6.07 Å². The second-order valence-corrected chi connectivity index (χ2v) is 2.05. The van der Waals surface area contributed by atoms with E-state index in [4.69, 9.17) is 16.9 Å². The van der Waals surface area contributed by atoms with Crippen molar-refractivity contribution in [1.82, 2.24) is 9.97 Å². The van der Waals surface area contributed by atoms with Gasteiger partial charge in [-0.15, -0.1) is 0 Å². The topological polar surface area (TPSA) is 49.6 Å². The van der Waals surface area contributed by atoms with E-state index < -0.39 is 0 Å². The summed E-state index contributed by atoms with van der Waals surface area (Å²) in [6.07, 6.45) is 3.20. The quantitative estimate of drug-likeness (QED) is 0.609. The minimum atomic E-state index is 0.282. The van der Waals surface area contributed by atoms with Gasteiger partial charge in [-0.05, 0) is 0 Å². The molecule has 1 aromatic rings. The maximum atomic E-state index is 8.24. The fraction of sp³-hybridized carbons (Fsp3) is 0.167. The van der Waals surface area contributed by atoms with Gasteiger partial charge < -0.3 is 0 Å². The molecule has 1 aromatic heterocycles. The Hall–Kier alpha value is -1.14. The first-order valence-corrected chi connectivity index (χ1v) is 3.04. The number of hydrogen-bond acceptors (Lipinski definition) is 3. The molecule has 1 heterocycles. The Morgan fingerprint density at radius 1 is 1.50 bits per heavy atom. The molecule has 0 atom stereocenters. The molecule has 1 rings (SSSR count). The number of nitrogens with zero attached hydrogens (tertiary/aromatic N) is 3. The molecule has 0 unspecified atom stereocenters. The standard InChI is InChI=1S/C6H4ClN3/c7-6-4-9-5(1-2-8)3-10-6/h3-4H,1H2. The van der Waals surface area contributed by atoms with Gasteiger partial charge in [0.05, 0.1) is 30.6 Å². The zero-order valence-corrected chi connectivity index (χ0v) is 5.84. The molecule has 4 heteroatoms. The fourth-order valence-electron chi connectivity index (χ4n) is 0.511. The molecule has 0 aliphatic rings. The van der Waals surface area contributed by atoms with E-state index in [1.165, 1.54) is 12.4 Å². The normalized spacial score (nSPS) is 8.80. The van der Waals surface area contributed by atoms with Crippen LogP contribution in [-0.4, -0.2) is 9.97 Å². The average Bonchev–Trinajstić information content (AvgIpc) is 1.95. The minimum Gasteiger partial charge on any atom is -0.255 e. The van der Waals surface area contributed by atoms with Crippen LogP contribution in [-0.2, 0) is 6.42 Å². The van der Waals surface area contributed by atoms with Crippen molar-refractivity contribution in [3.05, 3.63) is 23.2 Å². The van der Waals surface area contributed by atoms with Gasteiger partial charge in [0.15, 0.2) is 0 Å². The first kappa shape index (κ1) is 6.97. The first-order valence-electron chi connectivity index (χ1n) is 2.66. The second-order valence-electron chi connectivity index (χ2n) is 1.67. The third kappa shape index (κ3) is 1.67. The van der Waals surface area contributed by atoms with Crippen LogP contribution < -0.4 is 0 Å². The van der Waals surface area contributed by atoms with Crippen LogP contribution in [0, 0.1) is 11.3 Å². The molecule has 0 aliphatic carbocycles. The zero-order valence-electron chi connectivity index (χ0n) is 5.08. The lowest BCUT2D eigenvalue weighted by atomic mass is 10.3. The van der Waals surface area contributed by atoms with E-state index in [1.807, 2.05) is 6.07 Å². The van der Waals surface area contributed by atoms with E-state index >= 15 is 0 Å². The molecule has 0 amide bonds. The van der Waals surface area contributed by atoms with Crippen LogP contribution in [0.5, 0.6) is 0 Å². The number of nitriles is 1. The van der Waals surface area contributed by atoms with E-state index in [-0.39, 0.29) is 6.42 Å². The third-order valence-corrected chi connectivity index (χ3v) is 1.13. The van der Waals surface area contributed by atoms with Crippen LogP contribution in [0.25, 0.3) is 0 Å². The average molecular weight is 154 g/mol. The van der Waals surface area contributed by atoms with Gasteiger partial charge in [0.1, 0.15) is 5.15 Å². The summed E-state index contributed by atoms with van der Waals surface area (Å²) in [6.45, 7) is 0. The summed E-state index contributed by atoms with van der Waals surface area (Å²) in [5.74, 6) is 0. The van der Waals surface area contributed by atoms with Gasteiger partial charge >= 0.3 is 0 Å². The van der Waals surface area contributed by atoms with Crippen LogP contribution >= 0.6 is 11.6 Å². The Kier molecular flexibility index (Phi) is 2.19. The van der Waals surface area contributed by atoms with Gasteiger partial charge in [-0.25, -0.2) is 4.98 Å². The van der Waals surface area contributed by atoms with Crippen molar-refractivity contribution in [2.45, 2.75) is 6.42 Å². The summed E-state index contributed by atoms with van der Waals surface area (Å²) in [5.41, 5.74) is 0.645. The van der Waals surface area contributed by atoms with E-state index in [1.54, 1.807) is 0 Å². The molecular formula is C6H4ClN3. The molecule has 50 valence electrons. The Morgan fingerprint density at radius 3 is 2.80 bits per heavy atom. The molecule has 10 heavy (non-hydrogen) atoms. The lowest BCUT2D eigenvalue weighted by Crippen LogP contribution is -1.88. The molecule has 0 N–H and O–H groups in total. The van der Waals surface area contributed by atoms with E-state index in [0.717, 1.165) is 0 Å². The van der Waals surface area contributed by atoms with E-state index in [9.17, 15) is 0 Å². The third-order valence-electron chi connectivity index (χ3n) is 0.934. The van der Waals surface area contributed by atoms with Gasteiger partial charge in [0.2, 0.25) is 0 Å². The summed E-state index contributed by atoms with van der Waals surface area (Å²) in [6, 6.07) is 1.96. The predicted octanol–water partition coefficient (Wildman–Crippen LogP) is 1.20. The van der Waals surface area contributed by atoms with Gasteiger partial charge in [0.25, 0.3) is 0 Å². The number of rotatable bonds is 1. The highest BCUT2D eigenvalue weighted by Crippen LogP contribution is 2.00. The summed E-state index contributed by atoms with van der Waals surface area (Å²) < 4.78 is 0. The molecule has 0 bridgehead atoms. The fourth-order valence-corrected chi connectivity index (χ4v) is 0.609. The molecule has 0 spiro atoms. The smallest absolute Gasteiger partial charge is 0.147 e. The van der Waals surface area contributed by atoms with Crippen LogP contribution in [0.3, 0.4) is 0 Å².